The van der Waals surface area contributed by atoms with Crippen LogP contribution in [0, 0.1) is 0 Å². The first-order valence-electron chi connectivity index (χ1n) is 24.1. The van der Waals surface area contributed by atoms with Gasteiger partial charge in [0, 0.05) is 32.9 Å². The number of aromatic nitrogens is 2. The summed E-state index contributed by atoms with van der Waals surface area (Å²) >= 11 is 0. The van der Waals surface area contributed by atoms with Crippen LogP contribution in [0.25, 0.3) is 99.5 Å². The Bertz CT molecular complexity index is 4130. The summed E-state index contributed by atoms with van der Waals surface area (Å²) in [6, 6.07) is 95.7. The van der Waals surface area contributed by atoms with Crippen LogP contribution < -0.4 is 5.46 Å². The number of fused-ring (bicyclic) bond motifs is 9. The van der Waals surface area contributed by atoms with E-state index in [0.717, 1.165) is 50.2 Å². The standard InChI is InChI=1S/C67H43BN2/c68-52-32-28-44(29-33-52)47-38-48(40-49(39-47)46-30-35-58-56-23-11-14-26-63(56)69(66(58)42-46)53-20-8-3-9-21-53)45-31-37-65-60(41-45)57-24-12-15-27-64(57)70(65)54-34-36-62-59(43-54)55-22-10-13-25-61(55)67(62,50-16-4-1-5-17-50)51-18-6-2-7-19-51/h1-43H. The Balaban J connectivity index is 0.945. The van der Waals surface area contributed by atoms with E-state index in [9.17, 15) is 0 Å². The lowest BCUT2D eigenvalue weighted by molar-refractivity contribution is 0.768. The van der Waals surface area contributed by atoms with Gasteiger partial charge in [0.25, 0.3) is 0 Å². The number of rotatable bonds is 7. The quantitative estimate of drug-likeness (QED) is 0.141. The maximum atomic E-state index is 6.24. The van der Waals surface area contributed by atoms with Gasteiger partial charge in [-0.2, -0.15) is 0 Å². The fourth-order valence-corrected chi connectivity index (χ4v) is 11.8. The minimum absolute atomic E-state index is 0.450. The maximum Gasteiger partial charge on any atom is 0.113 e. The van der Waals surface area contributed by atoms with Crippen molar-refractivity contribution in [1.29, 1.82) is 0 Å². The van der Waals surface area contributed by atoms with Gasteiger partial charge in [-0.15, -0.1) is 0 Å². The predicted molar refractivity (Wildman–Crippen MR) is 294 cm³/mol. The molecule has 3 heteroatoms. The monoisotopic (exact) mass is 886 g/mol. The second-order valence-corrected chi connectivity index (χ2v) is 18.7. The molecule has 0 atom stereocenters. The molecule has 0 spiro atoms. The zero-order valence-electron chi connectivity index (χ0n) is 38.3. The summed E-state index contributed by atoms with van der Waals surface area (Å²) in [6.45, 7) is 0. The summed E-state index contributed by atoms with van der Waals surface area (Å²) in [5.74, 6) is 0. The van der Waals surface area contributed by atoms with Crippen LogP contribution in [-0.4, -0.2) is 17.0 Å². The van der Waals surface area contributed by atoms with Gasteiger partial charge in [0.2, 0.25) is 0 Å². The molecule has 13 aromatic rings. The van der Waals surface area contributed by atoms with Gasteiger partial charge in [-0.3, -0.25) is 0 Å². The van der Waals surface area contributed by atoms with Crippen LogP contribution in [0.3, 0.4) is 0 Å². The highest BCUT2D eigenvalue weighted by Gasteiger charge is 2.46. The van der Waals surface area contributed by atoms with E-state index in [1.807, 2.05) is 12.1 Å². The van der Waals surface area contributed by atoms with Gasteiger partial charge in [0.1, 0.15) is 7.85 Å². The fourth-order valence-electron chi connectivity index (χ4n) is 11.8. The van der Waals surface area contributed by atoms with E-state index < -0.39 is 5.41 Å². The first-order chi connectivity index (χ1) is 34.6. The summed E-state index contributed by atoms with van der Waals surface area (Å²) in [5.41, 5.74) is 21.9. The predicted octanol–water partition coefficient (Wildman–Crippen LogP) is 16.0. The molecule has 0 unspecified atom stereocenters. The Kier molecular flexibility index (Phi) is 9.09. The molecule has 2 heterocycles. The molecule has 0 amide bonds. The molecule has 0 N–H and O–H groups in total. The molecule has 0 saturated carbocycles. The van der Waals surface area contributed by atoms with Crippen molar-refractivity contribution < 1.29 is 0 Å². The average Bonchev–Trinajstić information content (AvgIpc) is 4.05. The van der Waals surface area contributed by atoms with Crippen molar-refractivity contribution in [2.45, 2.75) is 5.41 Å². The Labute approximate surface area is 408 Å². The van der Waals surface area contributed by atoms with Gasteiger partial charge < -0.3 is 9.13 Å². The minimum atomic E-state index is -0.450. The number of nitrogens with zero attached hydrogens (tertiary/aromatic N) is 2. The van der Waals surface area contributed by atoms with Crippen LogP contribution in [0.1, 0.15) is 22.3 Å². The molecule has 1 aliphatic carbocycles. The Morgan fingerprint density at radius 1 is 0.271 bits per heavy atom. The molecule has 14 rings (SSSR count). The van der Waals surface area contributed by atoms with E-state index in [4.69, 9.17) is 7.85 Å². The van der Waals surface area contributed by atoms with Gasteiger partial charge >= 0.3 is 0 Å². The van der Waals surface area contributed by atoms with Crippen LogP contribution >= 0.6 is 0 Å². The molecular formula is C67H43BN2. The number of hydrogen-bond acceptors (Lipinski definition) is 0. The minimum Gasteiger partial charge on any atom is -0.309 e. The molecule has 11 aromatic carbocycles. The summed E-state index contributed by atoms with van der Waals surface area (Å²) in [6.07, 6.45) is 0. The third-order valence-corrected chi connectivity index (χ3v) is 14.9. The number of benzene rings is 11. The van der Waals surface area contributed by atoms with Crippen molar-refractivity contribution in [2.75, 3.05) is 0 Å². The molecule has 0 saturated heterocycles. The molecule has 324 valence electrons. The van der Waals surface area contributed by atoms with E-state index in [2.05, 4.69) is 258 Å². The van der Waals surface area contributed by atoms with Crippen LogP contribution in [-0.2, 0) is 5.41 Å². The SMILES string of the molecule is [B]c1ccc(-c2cc(-c3ccc4c(c3)c3ccccc3n4-c3ccc4c(c3)-c3ccccc3C4(c3ccccc3)c3ccccc3)cc(-c3ccc4c5ccccc5n(-c5ccccc5)c4c3)c2)cc1. The molecule has 0 fully saturated rings. The van der Waals surface area contributed by atoms with Gasteiger partial charge in [0.05, 0.1) is 27.5 Å². The normalized spacial score (nSPS) is 12.7. The molecule has 70 heavy (non-hydrogen) atoms. The fraction of sp³-hybridized carbons (Fsp3) is 0.0149. The zero-order chi connectivity index (χ0) is 46.3. The Morgan fingerprint density at radius 3 is 1.44 bits per heavy atom. The first-order valence-corrected chi connectivity index (χ1v) is 24.1. The maximum absolute atomic E-state index is 6.24. The highest BCUT2D eigenvalue weighted by molar-refractivity contribution is 6.32. The van der Waals surface area contributed by atoms with Crippen LogP contribution in [0.4, 0.5) is 0 Å². The van der Waals surface area contributed by atoms with E-state index in [-0.39, 0.29) is 0 Å². The van der Waals surface area contributed by atoms with Crippen molar-refractivity contribution in [1.82, 2.24) is 9.13 Å². The van der Waals surface area contributed by atoms with Gasteiger partial charge in [-0.1, -0.05) is 194 Å². The molecule has 2 nitrogen and oxygen atoms in total. The highest BCUT2D eigenvalue weighted by Crippen LogP contribution is 2.56. The lowest BCUT2D eigenvalue weighted by Gasteiger charge is -2.33. The number of para-hydroxylation sites is 3. The summed E-state index contributed by atoms with van der Waals surface area (Å²) in [7, 11) is 6.24. The van der Waals surface area contributed by atoms with E-state index >= 15 is 0 Å². The lowest BCUT2D eigenvalue weighted by atomic mass is 9.68. The second kappa shape index (κ2) is 15.8. The van der Waals surface area contributed by atoms with Gasteiger partial charge in [-0.25, -0.2) is 0 Å². The van der Waals surface area contributed by atoms with Crippen LogP contribution in [0.5, 0.6) is 0 Å². The molecule has 0 bridgehead atoms. The highest BCUT2D eigenvalue weighted by atomic mass is 15.0. The Morgan fingerprint density at radius 2 is 0.757 bits per heavy atom. The smallest absolute Gasteiger partial charge is 0.113 e. The largest absolute Gasteiger partial charge is 0.309 e. The summed E-state index contributed by atoms with van der Waals surface area (Å²) < 4.78 is 4.85. The lowest BCUT2D eigenvalue weighted by Crippen LogP contribution is -2.28. The first kappa shape index (κ1) is 40.2. The van der Waals surface area contributed by atoms with Gasteiger partial charge in [-0.05, 0) is 140 Å². The average molecular weight is 887 g/mol. The van der Waals surface area contributed by atoms with Crippen molar-refractivity contribution in [2.24, 2.45) is 0 Å². The van der Waals surface area contributed by atoms with Crippen LogP contribution in [0.2, 0.25) is 0 Å². The molecule has 1 aliphatic rings. The van der Waals surface area contributed by atoms with E-state index in [0.29, 0.717) is 0 Å². The summed E-state index contributed by atoms with van der Waals surface area (Å²) in [5, 5.41) is 4.91. The van der Waals surface area contributed by atoms with Crippen molar-refractivity contribution in [3.63, 3.8) is 0 Å². The topological polar surface area (TPSA) is 9.86 Å². The van der Waals surface area contributed by atoms with Crippen molar-refractivity contribution in [3.8, 4) is 55.9 Å². The number of hydrogen-bond donors (Lipinski definition) is 0. The zero-order valence-corrected chi connectivity index (χ0v) is 38.3. The second-order valence-electron chi connectivity index (χ2n) is 18.7. The molecule has 0 aliphatic heterocycles. The van der Waals surface area contributed by atoms with E-state index in [1.54, 1.807) is 0 Å². The van der Waals surface area contributed by atoms with Crippen molar-refractivity contribution in [3.05, 3.63) is 283 Å². The summed E-state index contributed by atoms with van der Waals surface area (Å²) in [4.78, 5) is 0. The van der Waals surface area contributed by atoms with Gasteiger partial charge in [0.15, 0.2) is 0 Å². The third kappa shape index (κ3) is 6.08. The van der Waals surface area contributed by atoms with Crippen LogP contribution in [0.15, 0.2) is 261 Å². The molecule has 2 aromatic heterocycles. The molecular weight excluding hydrogens is 844 g/mol. The Hall–Kier alpha value is -8.92. The van der Waals surface area contributed by atoms with E-state index in [1.165, 1.54) is 77.0 Å². The molecule has 2 radical (unpaired) electrons. The third-order valence-electron chi connectivity index (χ3n) is 14.9. The van der Waals surface area contributed by atoms with Crippen molar-refractivity contribution >= 4 is 56.9 Å².